The highest BCUT2D eigenvalue weighted by Gasteiger charge is 2.14. The van der Waals surface area contributed by atoms with Crippen molar-refractivity contribution < 1.29 is 18.7 Å². The summed E-state index contributed by atoms with van der Waals surface area (Å²) in [6, 6.07) is 3.68. The second-order valence-corrected chi connectivity index (χ2v) is 5.09. The SMILES string of the molecule is CC(=O)c1cc(F)ccc1OCC(=O)NC(C)C(C)C. The lowest BCUT2D eigenvalue weighted by molar-refractivity contribution is -0.124. The van der Waals surface area contributed by atoms with Crippen LogP contribution in [-0.4, -0.2) is 24.3 Å². The van der Waals surface area contributed by atoms with Crippen molar-refractivity contribution in [1.29, 1.82) is 0 Å². The molecule has 0 aromatic heterocycles. The number of hydrogen-bond donors (Lipinski definition) is 1. The molecule has 0 heterocycles. The summed E-state index contributed by atoms with van der Waals surface area (Å²) in [7, 11) is 0. The molecule has 1 rings (SSSR count). The highest BCUT2D eigenvalue weighted by atomic mass is 19.1. The Bertz CT molecular complexity index is 500. The van der Waals surface area contributed by atoms with Gasteiger partial charge in [-0.15, -0.1) is 0 Å². The Labute approximate surface area is 118 Å². The Balaban J connectivity index is 2.66. The van der Waals surface area contributed by atoms with Crippen LogP contribution in [0.2, 0.25) is 0 Å². The summed E-state index contributed by atoms with van der Waals surface area (Å²) < 4.78 is 18.4. The van der Waals surface area contributed by atoms with E-state index in [2.05, 4.69) is 5.32 Å². The first-order chi connectivity index (χ1) is 9.31. The van der Waals surface area contributed by atoms with Crippen LogP contribution in [0, 0.1) is 11.7 Å². The molecular formula is C15H20FNO3. The molecule has 1 unspecified atom stereocenters. The zero-order chi connectivity index (χ0) is 15.3. The molecular weight excluding hydrogens is 261 g/mol. The number of rotatable bonds is 6. The molecule has 1 aromatic carbocycles. The molecule has 1 N–H and O–H groups in total. The lowest BCUT2D eigenvalue weighted by Gasteiger charge is -2.17. The number of hydrogen-bond acceptors (Lipinski definition) is 3. The average Bonchev–Trinajstić information content (AvgIpc) is 2.36. The third kappa shape index (κ3) is 4.64. The van der Waals surface area contributed by atoms with Crippen LogP contribution in [-0.2, 0) is 4.79 Å². The minimum atomic E-state index is -0.513. The van der Waals surface area contributed by atoms with Gasteiger partial charge in [0, 0.05) is 6.04 Å². The lowest BCUT2D eigenvalue weighted by Crippen LogP contribution is -2.39. The van der Waals surface area contributed by atoms with Gasteiger partial charge >= 0.3 is 0 Å². The van der Waals surface area contributed by atoms with E-state index in [0.717, 1.165) is 6.07 Å². The van der Waals surface area contributed by atoms with Gasteiger partial charge in [-0.25, -0.2) is 4.39 Å². The molecule has 110 valence electrons. The van der Waals surface area contributed by atoms with E-state index >= 15 is 0 Å². The second kappa shape index (κ2) is 7.03. The van der Waals surface area contributed by atoms with E-state index in [1.807, 2.05) is 20.8 Å². The Kier molecular flexibility index (Phi) is 5.67. The van der Waals surface area contributed by atoms with Gasteiger partial charge in [-0.2, -0.15) is 0 Å². The Morgan fingerprint density at radius 1 is 1.30 bits per heavy atom. The van der Waals surface area contributed by atoms with Crippen LogP contribution < -0.4 is 10.1 Å². The van der Waals surface area contributed by atoms with E-state index in [4.69, 9.17) is 4.74 Å². The molecule has 0 radical (unpaired) electrons. The summed E-state index contributed by atoms with van der Waals surface area (Å²) in [5.74, 6) is -0.565. The molecule has 0 saturated heterocycles. The van der Waals surface area contributed by atoms with E-state index in [0.29, 0.717) is 5.92 Å². The maximum Gasteiger partial charge on any atom is 0.258 e. The van der Waals surface area contributed by atoms with E-state index in [1.165, 1.54) is 19.1 Å². The van der Waals surface area contributed by atoms with Gasteiger partial charge in [0.25, 0.3) is 5.91 Å². The Morgan fingerprint density at radius 3 is 2.50 bits per heavy atom. The second-order valence-electron chi connectivity index (χ2n) is 5.09. The fourth-order valence-corrected chi connectivity index (χ4v) is 1.51. The zero-order valence-corrected chi connectivity index (χ0v) is 12.2. The fraction of sp³-hybridized carbons (Fsp3) is 0.467. The van der Waals surface area contributed by atoms with Gasteiger partial charge in [0.05, 0.1) is 5.56 Å². The number of carbonyl (C=O) groups excluding carboxylic acids is 2. The molecule has 4 nitrogen and oxygen atoms in total. The van der Waals surface area contributed by atoms with Crippen molar-refractivity contribution >= 4 is 11.7 Å². The Morgan fingerprint density at radius 2 is 1.95 bits per heavy atom. The van der Waals surface area contributed by atoms with Crippen molar-refractivity contribution in [2.45, 2.75) is 33.7 Å². The molecule has 0 fully saturated rings. The minimum absolute atomic E-state index is 0.0339. The highest BCUT2D eigenvalue weighted by Crippen LogP contribution is 2.20. The van der Waals surface area contributed by atoms with Crippen LogP contribution in [0.5, 0.6) is 5.75 Å². The standard InChI is InChI=1S/C15H20FNO3/c1-9(2)10(3)17-15(19)8-20-14-6-5-12(16)7-13(14)11(4)18/h5-7,9-10H,8H2,1-4H3,(H,17,19). The quantitative estimate of drug-likeness (QED) is 0.815. The first kappa shape index (κ1) is 16.1. The van der Waals surface area contributed by atoms with Crippen molar-refractivity contribution in [2.75, 3.05) is 6.61 Å². The lowest BCUT2D eigenvalue weighted by atomic mass is 10.1. The Hall–Kier alpha value is -1.91. The van der Waals surface area contributed by atoms with Crippen molar-refractivity contribution in [2.24, 2.45) is 5.92 Å². The first-order valence-corrected chi connectivity index (χ1v) is 6.54. The van der Waals surface area contributed by atoms with Gasteiger partial charge in [0.15, 0.2) is 12.4 Å². The van der Waals surface area contributed by atoms with Gasteiger partial charge in [0.2, 0.25) is 0 Å². The monoisotopic (exact) mass is 281 g/mol. The number of ketones is 1. The van der Waals surface area contributed by atoms with Crippen molar-refractivity contribution in [3.05, 3.63) is 29.6 Å². The van der Waals surface area contributed by atoms with Gasteiger partial charge < -0.3 is 10.1 Å². The molecule has 0 aliphatic rings. The van der Waals surface area contributed by atoms with Crippen LogP contribution in [0.25, 0.3) is 0 Å². The number of amides is 1. The number of halogens is 1. The highest BCUT2D eigenvalue weighted by molar-refractivity contribution is 5.96. The molecule has 20 heavy (non-hydrogen) atoms. The minimum Gasteiger partial charge on any atom is -0.483 e. The van der Waals surface area contributed by atoms with Crippen LogP contribution >= 0.6 is 0 Å². The summed E-state index contributed by atoms with van der Waals surface area (Å²) in [6.45, 7) is 7.02. The predicted molar refractivity (Wildman–Crippen MR) is 74.3 cm³/mol. The molecule has 0 saturated carbocycles. The van der Waals surface area contributed by atoms with Crippen molar-refractivity contribution in [3.63, 3.8) is 0 Å². The molecule has 1 aromatic rings. The summed E-state index contributed by atoms with van der Waals surface area (Å²) in [5.41, 5.74) is 0.134. The molecule has 0 aliphatic heterocycles. The largest absolute Gasteiger partial charge is 0.483 e. The van der Waals surface area contributed by atoms with Crippen LogP contribution in [0.3, 0.4) is 0 Å². The van der Waals surface area contributed by atoms with Gasteiger partial charge in [0.1, 0.15) is 11.6 Å². The van der Waals surface area contributed by atoms with E-state index in [1.54, 1.807) is 0 Å². The summed E-state index contributed by atoms with van der Waals surface area (Å²) in [6.07, 6.45) is 0. The maximum atomic E-state index is 13.1. The smallest absolute Gasteiger partial charge is 0.258 e. The molecule has 0 spiro atoms. The number of nitrogens with one attached hydrogen (secondary N) is 1. The predicted octanol–water partition coefficient (Wildman–Crippen LogP) is 2.57. The van der Waals surface area contributed by atoms with Crippen molar-refractivity contribution in [3.8, 4) is 5.75 Å². The number of ether oxygens (including phenoxy) is 1. The normalized spacial score (nSPS) is 12.1. The van der Waals surface area contributed by atoms with Gasteiger partial charge in [-0.1, -0.05) is 13.8 Å². The van der Waals surface area contributed by atoms with E-state index < -0.39 is 5.82 Å². The average molecular weight is 281 g/mol. The first-order valence-electron chi connectivity index (χ1n) is 6.54. The topological polar surface area (TPSA) is 55.4 Å². The summed E-state index contributed by atoms with van der Waals surface area (Å²) in [4.78, 5) is 23.1. The summed E-state index contributed by atoms with van der Waals surface area (Å²) in [5, 5.41) is 2.79. The maximum absolute atomic E-state index is 13.1. The van der Waals surface area contributed by atoms with Gasteiger partial charge in [-0.3, -0.25) is 9.59 Å². The molecule has 1 amide bonds. The van der Waals surface area contributed by atoms with Crippen LogP contribution in [0.4, 0.5) is 4.39 Å². The number of Topliss-reactive ketones (excluding diaryl/α,β-unsaturated/α-hetero) is 1. The zero-order valence-electron chi connectivity index (χ0n) is 12.2. The van der Waals surface area contributed by atoms with Crippen LogP contribution in [0.15, 0.2) is 18.2 Å². The molecule has 0 aliphatic carbocycles. The fourth-order valence-electron chi connectivity index (χ4n) is 1.51. The summed E-state index contributed by atoms with van der Waals surface area (Å²) >= 11 is 0. The van der Waals surface area contributed by atoms with Crippen molar-refractivity contribution in [1.82, 2.24) is 5.32 Å². The van der Waals surface area contributed by atoms with Gasteiger partial charge in [-0.05, 0) is 38.0 Å². The third-order valence-corrected chi connectivity index (χ3v) is 3.07. The number of carbonyl (C=O) groups is 2. The third-order valence-electron chi connectivity index (χ3n) is 3.07. The molecule has 1 atom stereocenters. The number of benzene rings is 1. The molecule has 5 heteroatoms. The molecule has 0 bridgehead atoms. The van der Waals surface area contributed by atoms with Crippen LogP contribution in [0.1, 0.15) is 38.1 Å². The van der Waals surface area contributed by atoms with E-state index in [9.17, 15) is 14.0 Å². The van der Waals surface area contributed by atoms with E-state index in [-0.39, 0.29) is 35.7 Å².